The van der Waals surface area contributed by atoms with Gasteiger partial charge in [0.2, 0.25) is 0 Å². The van der Waals surface area contributed by atoms with Gasteiger partial charge in [0.25, 0.3) is 0 Å². The first-order chi connectivity index (χ1) is 8.43. The van der Waals surface area contributed by atoms with Gasteiger partial charge in [0.15, 0.2) is 15.6 Å². The number of carbonyl (C=O) groups is 1. The number of ketones is 1. The molecule has 0 spiro atoms. The molecule has 4 nitrogen and oxygen atoms in total. The molecule has 2 rings (SSSR count). The minimum Gasteiger partial charge on any atom is -0.496 e. The summed E-state index contributed by atoms with van der Waals surface area (Å²) in [5, 5.41) is 0. The summed E-state index contributed by atoms with van der Waals surface area (Å²) in [6.07, 6.45) is 0.400. The molecule has 0 saturated carbocycles. The van der Waals surface area contributed by atoms with Crippen LogP contribution in [0.5, 0.6) is 5.75 Å². The van der Waals surface area contributed by atoms with Gasteiger partial charge >= 0.3 is 0 Å². The van der Waals surface area contributed by atoms with Gasteiger partial charge < -0.3 is 4.74 Å². The Bertz CT molecular complexity index is 580. The van der Waals surface area contributed by atoms with E-state index in [2.05, 4.69) is 15.9 Å². The second-order valence-electron chi connectivity index (χ2n) is 4.31. The molecule has 0 radical (unpaired) electrons. The predicted octanol–water partition coefficient (Wildman–Crippen LogP) is 2.08. The second-order valence-corrected chi connectivity index (χ2v) is 7.45. The van der Waals surface area contributed by atoms with Gasteiger partial charge in [0.05, 0.1) is 24.2 Å². The van der Waals surface area contributed by atoms with E-state index < -0.39 is 15.8 Å². The zero-order chi connectivity index (χ0) is 13.3. The van der Waals surface area contributed by atoms with Crippen LogP contribution in [0.2, 0.25) is 0 Å². The van der Waals surface area contributed by atoms with Gasteiger partial charge in [-0.2, -0.15) is 0 Å². The van der Waals surface area contributed by atoms with Crippen LogP contribution < -0.4 is 4.74 Å². The van der Waals surface area contributed by atoms with Crippen molar-refractivity contribution in [1.82, 2.24) is 0 Å². The molecule has 1 aromatic carbocycles. The molecule has 0 amide bonds. The fourth-order valence-electron chi connectivity index (χ4n) is 2.09. The number of carbonyl (C=O) groups excluding carboxylic acids is 1. The smallest absolute Gasteiger partial charge is 0.170 e. The van der Waals surface area contributed by atoms with Crippen LogP contribution in [0, 0.1) is 5.92 Å². The molecule has 1 aliphatic rings. The maximum Gasteiger partial charge on any atom is 0.170 e. The van der Waals surface area contributed by atoms with Gasteiger partial charge in [-0.15, -0.1) is 0 Å². The van der Waals surface area contributed by atoms with Crippen LogP contribution in [0.3, 0.4) is 0 Å². The molecule has 1 unspecified atom stereocenters. The third-order valence-electron chi connectivity index (χ3n) is 3.03. The molecule has 1 fully saturated rings. The van der Waals surface area contributed by atoms with Gasteiger partial charge in [-0.25, -0.2) is 8.42 Å². The molecular weight excluding hydrogens is 320 g/mol. The highest BCUT2D eigenvalue weighted by Gasteiger charge is 2.34. The highest BCUT2D eigenvalue weighted by molar-refractivity contribution is 9.10. The third kappa shape index (κ3) is 2.75. The number of rotatable bonds is 3. The van der Waals surface area contributed by atoms with E-state index in [1.807, 2.05) is 0 Å². The lowest BCUT2D eigenvalue weighted by atomic mass is 9.96. The van der Waals surface area contributed by atoms with Crippen LogP contribution in [0.1, 0.15) is 16.8 Å². The average Bonchev–Trinajstić information content (AvgIpc) is 2.68. The number of ether oxygens (including phenoxy) is 1. The molecule has 1 aliphatic heterocycles. The van der Waals surface area contributed by atoms with Crippen LogP contribution in [0.15, 0.2) is 22.7 Å². The highest BCUT2D eigenvalue weighted by atomic mass is 79.9. The number of hydrogen-bond acceptors (Lipinski definition) is 4. The summed E-state index contributed by atoms with van der Waals surface area (Å²) in [4.78, 5) is 12.3. The van der Waals surface area contributed by atoms with E-state index in [-0.39, 0.29) is 17.3 Å². The van der Waals surface area contributed by atoms with Gasteiger partial charge in [0.1, 0.15) is 5.75 Å². The summed E-state index contributed by atoms with van der Waals surface area (Å²) in [6.45, 7) is 0. The quantitative estimate of drug-likeness (QED) is 0.795. The van der Waals surface area contributed by atoms with Gasteiger partial charge in [-0.3, -0.25) is 4.79 Å². The monoisotopic (exact) mass is 332 g/mol. The van der Waals surface area contributed by atoms with Crippen molar-refractivity contribution in [3.8, 4) is 5.75 Å². The van der Waals surface area contributed by atoms with Crippen molar-refractivity contribution < 1.29 is 17.9 Å². The van der Waals surface area contributed by atoms with Crippen molar-refractivity contribution in [2.24, 2.45) is 5.92 Å². The topological polar surface area (TPSA) is 60.4 Å². The van der Waals surface area contributed by atoms with E-state index in [0.29, 0.717) is 17.7 Å². The van der Waals surface area contributed by atoms with Crippen LogP contribution in [0.4, 0.5) is 0 Å². The lowest BCUT2D eigenvalue weighted by Crippen LogP contribution is -2.17. The van der Waals surface area contributed by atoms with Crippen molar-refractivity contribution in [2.45, 2.75) is 6.42 Å². The summed E-state index contributed by atoms with van der Waals surface area (Å²) in [5.41, 5.74) is 0.439. The Morgan fingerprint density at radius 3 is 2.72 bits per heavy atom. The molecule has 0 aromatic heterocycles. The molecule has 98 valence electrons. The third-order valence-corrected chi connectivity index (χ3v) is 5.29. The number of Topliss-reactive ketones (excluding diaryl/α,β-unsaturated/α-hetero) is 1. The van der Waals surface area contributed by atoms with E-state index in [4.69, 9.17) is 4.74 Å². The maximum absolute atomic E-state index is 12.3. The minimum absolute atomic E-state index is 0.0541. The first kappa shape index (κ1) is 13.5. The van der Waals surface area contributed by atoms with Crippen LogP contribution in [-0.4, -0.2) is 32.8 Å². The van der Waals surface area contributed by atoms with Crippen molar-refractivity contribution in [3.63, 3.8) is 0 Å². The lowest BCUT2D eigenvalue weighted by molar-refractivity contribution is 0.0930. The molecule has 6 heteroatoms. The first-order valence-electron chi connectivity index (χ1n) is 5.51. The summed E-state index contributed by atoms with van der Waals surface area (Å²) >= 11 is 3.30. The highest BCUT2D eigenvalue weighted by Crippen LogP contribution is 2.29. The van der Waals surface area contributed by atoms with E-state index in [9.17, 15) is 13.2 Å². The van der Waals surface area contributed by atoms with Crippen molar-refractivity contribution in [3.05, 3.63) is 28.2 Å². The molecule has 0 aliphatic carbocycles. The fourth-order valence-corrected chi connectivity index (χ4v) is 4.20. The minimum atomic E-state index is -3.05. The Kier molecular flexibility index (Phi) is 3.77. The van der Waals surface area contributed by atoms with Crippen molar-refractivity contribution in [2.75, 3.05) is 18.6 Å². The molecule has 1 aromatic rings. The van der Waals surface area contributed by atoms with Crippen molar-refractivity contribution >= 4 is 31.6 Å². The summed E-state index contributed by atoms with van der Waals surface area (Å²) in [5.74, 6) is -0.0822. The maximum atomic E-state index is 12.3. The van der Waals surface area contributed by atoms with Crippen LogP contribution in [0.25, 0.3) is 0 Å². The number of benzene rings is 1. The van der Waals surface area contributed by atoms with E-state index in [0.717, 1.165) is 4.47 Å². The zero-order valence-corrected chi connectivity index (χ0v) is 12.3. The largest absolute Gasteiger partial charge is 0.496 e. The summed E-state index contributed by atoms with van der Waals surface area (Å²) in [7, 11) is -1.56. The van der Waals surface area contributed by atoms with Crippen LogP contribution in [-0.2, 0) is 9.84 Å². The number of sulfone groups is 1. The summed E-state index contributed by atoms with van der Waals surface area (Å²) in [6, 6.07) is 5.15. The normalized spacial score (nSPS) is 21.8. The Labute approximate surface area is 114 Å². The van der Waals surface area contributed by atoms with E-state index in [1.165, 1.54) is 7.11 Å². The zero-order valence-electron chi connectivity index (χ0n) is 9.85. The first-order valence-corrected chi connectivity index (χ1v) is 8.12. The Morgan fingerprint density at radius 1 is 1.44 bits per heavy atom. The molecule has 1 saturated heterocycles. The molecule has 0 N–H and O–H groups in total. The standard InChI is InChI=1S/C12H13BrO4S/c1-17-11-3-2-9(13)6-10(11)12(14)8-4-5-18(15,16)7-8/h2-3,6,8H,4-5,7H2,1H3. The van der Waals surface area contributed by atoms with Gasteiger partial charge in [-0.1, -0.05) is 15.9 Å². The molecule has 0 bridgehead atoms. The van der Waals surface area contributed by atoms with Gasteiger partial charge in [0, 0.05) is 10.4 Å². The fraction of sp³-hybridized carbons (Fsp3) is 0.417. The van der Waals surface area contributed by atoms with Crippen molar-refractivity contribution in [1.29, 1.82) is 0 Å². The molecule has 1 atom stereocenters. The Hall–Kier alpha value is -0.880. The van der Waals surface area contributed by atoms with E-state index in [1.54, 1.807) is 18.2 Å². The lowest BCUT2D eigenvalue weighted by Gasteiger charge is -2.11. The number of halogens is 1. The second kappa shape index (κ2) is 5.01. The Morgan fingerprint density at radius 2 is 2.17 bits per heavy atom. The molecule has 1 heterocycles. The molecule has 18 heavy (non-hydrogen) atoms. The van der Waals surface area contributed by atoms with Crippen LogP contribution >= 0.6 is 15.9 Å². The Balaban J connectivity index is 2.32. The van der Waals surface area contributed by atoms with E-state index >= 15 is 0 Å². The molecular formula is C12H13BrO4S. The SMILES string of the molecule is COc1ccc(Br)cc1C(=O)C1CCS(=O)(=O)C1. The number of methoxy groups -OCH3 is 1. The van der Waals surface area contributed by atoms with Gasteiger partial charge in [-0.05, 0) is 24.6 Å². The predicted molar refractivity (Wildman–Crippen MR) is 71.8 cm³/mol. The summed E-state index contributed by atoms with van der Waals surface area (Å²) < 4.78 is 28.7. The number of hydrogen-bond donors (Lipinski definition) is 0. The average molecular weight is 333 g/mol.